The second-order valence-corrected chi connectivity index (χ2v) is 8.57. The van der Waals surface area contributed by atoms with Gasteiger partial charge in [0.25, 0.3) is 17.7 Å². The lowest BCUT2D eigenvalue weighted by atomic mass is 10.1. The smallest absolute Gasteiger partial charge is 0.283 e. The number of nitrogens with zero attached hydrogens (tertiary/aromatic N) is 1. The van der Waals surface area contributed by atoms with Crippen molar-refractivity contribution in [2.75, 3.05) is 15.5 Å². The van der Waals surface area contributed by atoms with Gasteiger partial charge in [-0.05, 0) is 67.1 Å². The molecule has 3 amide bonds. The van der Waals surface area contributed by atoms with Gasteiger partial charge in [0, 0.05) is 22.0 Å². The van der Waals surface area contributed by atoms with Crippen LogP contribution in [0.5, 0.6) is 0 Å². The molecule has 172 valence electrons. The molecule has 10 heteroatoms. The highest BCUT2D eigenvalue weighted by Gasteiger charge is 2.39. The van der Waals surface area contributed by atoms with Crippen LogP contribution in [0.15, 0.2) is 71.4 Å². The topological polar surface area (TPSA) is 78.5 Å². The number of aryl methyl sites for hydroxylation is 1. The van der Waals surface area contributed by atoms with E-state index >= 15 is 0 Å². The number of hydrogen-bond donors (Lipinski definition) is 2. The van der Waals surface area contributed by atoms with Crippen LogP contribution in [0.1, 0.15) is 15.9 Å². The van der Waals surface area contributed by atoms with Crippen LogP contribution >= 0.6 is 34.8 Å². The second kappa shape index (κ2) is 9.46. The van der Waals surface area contributed by atoms with E-state index in [1.165, 1.54) is 12.1 Å². The lowest BCUT2D eigenvalue weighted by Gasteiger charge is -2.16. The monoisotopic (exact) mass is 517 g/mol. The number of carbonyl (C=O) groups excluding carboxylic acids is 3. The molecule has 1 heterocycles. The van der Waals surface area contributed by atoms with Crippen LogP contribution in [-0.2, 0) is 9.59 Å². The fraction of sp³-hybridized carbons (Fsp3) is 0.0417. The van der Waals surface area contributed by atoms with Gasteiger partial charge in [-0.2, -0.15) is 0 Å². The molecule has 0 radical (unpaired) electrons. The number of rotatable bonds is 5. The van der Waals surface area contributed by atoms with E-state index in [-0.39, 0.29) is 27.3 Å². The lowest BCUT2D eigenvalue weighted by Crippen LogP contribution is -2.32. The number of benzene rings is 3. The van der Waals surface area contributed by atoms with Gasteiger partial charge in [-0.15, -0.1) is 0 Å². The molecule has 0 saturated carbocycles. The zero-order valence-electron chi connectivity index (χ0n) is 17.5. The Morgan fingerprint density at radius 3 is 2.29 bits per heavy atom. The largest absolute Gasteiger partial charge is 0.349 e. The Kier molecular flexibility index (Phi) is 6.61. The minimum absolute atomic E-state index is 0.0733. The number of nitrogens with one attached hydrogen (secondary N) is 2. The molecule has 0 fully saturated rings. The first-order chi connectivity index (χ1) is 16.2. The first-order valence-electron chi connectivity index (χ1n) is 9.84. The Balaban J connectivity index is 1.58. The molecule has 0 bridgehead atoms. The summed E-state index contributed by atoms with van der Waals surface area (Å²) < 4.78 is 13.5. The van der Waals surface area contributed by atoms with Crippen LogP contribution < -0.4 is 15.5 Å². The number of halogens is 4. The molecule has 0 spiro atoms. The van der Waals surface area contributed by atoms with Crippen LogP contribution in [0.4, 0.5) is 21.5 Å². The van der Waals surface area contributed by atoms with Gasteiger partial charge in [-0.25, -0.2) is 9.29 Å². The summed E-state index contributed by atoms with van der Waals surface area (Å²) >= 11 is 17.8. The van der Waals surface area contributed by atoms with Crippen molar-refractivity contribution in [3.8, 4) is 0 Å². The molecule has 6 nitrogen and oxygen atoms in total. The molecule has 0 saturated heterocycles. The van der Waals surface area contributed by atoms with Gasteiger partial charge in [0.2, 0.25) is 0 Å². The average molecular weight is 519 g/mol. The highest BCUT2D eigenvalue weighted by molar-refractivity contribution is 6.53. The van der Waals surface area contributed by atoms with E-state index in [0.717, 1.165) is 17.0 Å². The third-order valence-corrected chi connectivity index (χ3v) is 5.94. The van der Waals surface area contributed by atoms with E-state index in [2.05, 4.69) is 10.6 Å². The van der Waals surface area contributed by atoms with Gasteiger partial charge in [0.15, 0.2) is 0 Å². The first-order valence-corrected chi connectivity index (χ1v) is 11.0. The van der Waals surface area contributed by atoms with Crippen molar-refractivity contribution in [3.05, 3.63) is 98.4 Å². The molecule has 0 atom stereocenters. The first kappa shape index (κ1) is 23.8. The van der Waals surface area contributed by atoms with Gasteiger partial charge in [-0.3, -0.25) is 14.4 Å². The highest BCUT2D eigenvalue weighted by Crippen LogP contribution is 2.33. The second-order valence-electron chi connectivity index (χ2n) is 7.35. The summed E-state index contributed by atoms with van der Waals surface area (Å²) in [6.07, 6.45) is 0. The molecule has 0 aliphatic carbocycles. The van der Waals surface area contributed by atoms with E-state index in [0.29, 0.717) is 27.5 Å². The number of imide groups is 1. The Labute approximate surface area is 208 Å². The Morgan fingerprint density at radius 1 is 0.912 bits per heavy atom. The standard InChI is InChI=1S/C24H15Cl3FN3O3/c1-12-2-3-13(22(32)29-15-6-4-14(25)5-7-15)10-19(12)30-21-20(27)23(33)31(24(21)34)16-8-9-18(28)17(26)11-16/h2-11,30H,1H3,(H,29,32). The molecular weight excluding hydrogens is 504 g/mol. The molecule has 34 heavy (non-hydrogen) atoms. The molecule has 0 unspecified atom stereocenters. The Bertz CT molecular complexity index is 1370. The third kappa shape index (κ3) is 4.63. The van der Waals surface area contributed by atoms with Crippen molar-refractivity contribution in [1.82, 2.24) is 0 Å². The fourth-order valence-corrected chi connectivity index (χ4v) is 3.75. The molecule has 3 aromatic carbocycles. The van der Waals surface area contributed by atoms with Crippen molar-refractivity contribution in [2.45, 2.75) is 6.92 Å². The lowest BCUT2D eigenvalue weighted by molar-refractivity contribution is -0.120. The predicted octanol–water partition coefficient (Wildman–Crippen LogP) is 6.13. The molecule has 0 aromatic heterocycles. The number of hydrogen-bond acceptors (Lipinski definition) is 4. The van der Waals surface area contributed by atoms with Gasteiger partial charge in [-0.1, -0.05) is 40.9 Å². The van der Waals surface area contributed by atoms with E-state index in [1.54, 1.807) is 43.3 Å². The van der Waals surface area contributed by atoms with Crippen molar-refractivity contribution in [3.63, 3.8) is 0 Å². The van der Waals surface area contributed by atoms with E-state index < -0.39 is 17.6 Å². The minimum atomic E-state index is -0.786. The quantitative estimate of drug-likeness (QED) is 0.398. The Hall–Kier alpha value is -3.39. The summed E-state index contributed by atoms with van der Waals surface area (Å²) in [6, 6.07) is 14.9. The minimum Gasteiger partial charge on any atom is -0.349 e. The fourth-order valence-electron chi connectivity index (χ4n) is 3.24. The van der Waals surface area contributed by atoms with Gasteiger partial charge < -0.3 is 10.6 Å². The van der Waals surface area contributed by atoms with Crippen LogP contribution in [0.25, 0.3) is 0 Å². The zero-order valence-corrected chi connectivity index (χ0v) is 19.7. The molecule has 4 rings (SSSR count). The summed E-state index contributed by atoms with van der Waals surface area (Å²) in [6.45, 7) is 1.76. The van der Waals surface area contributed by atoms with Crippen molar-refractivity contribution in [1.29, 1.82) is 0 Å². The maximum Gasteiger partial charge on any atom is 0.283 e. The zero-order chi connectivity index (χ0) is 24.6. The number of carbonyl (C=O) groups is 3. The van der Waals surface area contributed by atoms with Gasteiger partial charge in [0.05, 0.1) is 10.7 Å². The normalized spacial score (nSPS) is 13.5. The Morgan fingerprint density at radius 2 is 1.62 bits per heavy atom. The predicted molar refractivity (Wildman–Crippen MR) is 131 cm³/mol. The number of amides is 3. The van der Waals surface area contributed by atoms with Crippen LogP contribution in [0.2, 0.25) is 10.0 Å². The van der Waals surface area contributed by atoms with Gasteiger partial charge >= 0.3 is 0 Å². The van der Waals surface area contributed by atoms with Crippen molar-refractivity contribution < 1.29 is 18.8 Å². The SMILES string of the molecule is Cc1ccc(C(=O)Nc2ccc(Cl)cc2)cc1NC1=C(Cl)C(=O)N(c2ccc(F)c(Cl)c2)C1=O. The highest BCUT2D eigenvalue weighted by atomic mass is 35.5. The summed E-state index contributed by atoms with van der Waals surface area (Å²) in [5.74, 6) is -2.60. The maximum absolute atomic E-state index is 13.5. The molecule has 1 aliphatic rings. The summed E-state index contributed by atoms with van der Waals surface area (Å²) in [7, 11) is 0. The molecule has 3 aromatic rings. The number of anilines is 3. The van der Waals surface area contributed by atoms with Crippen molar-refractivity contribution in [2.24, 2.45) is 0 Å². The maximum atomic E-state index is 13.5. The molecular formula is C24H15Cl3FN3O3. The summed E-state index contributed by atoms with van der Waals surface area (Å²) in [5, 5.41) is 5.56. The van der Waals surface area contributed by atoms with E-state index in [9.17, 15) is 18.8 Å². The van der Waals surface area contributed by atoms with Crippen LogP contribution in [0, 0.1) is 12.7 Å². The van der Waals surface area contributed by atoms with Crippen LogP contribution in [-0.4, -0.2) is 17.7 Å². The molecule has 2 N–H and O–H groups in total. The van der Waals surface area contributed by atoms with Crippen LogP contribution in [0.3, 0.4) is 0 Å². The summed E-state index contributed by atoms with van der Waals surface area (Å²) in [5.41, 5.74) is 1.86. The average Bonchev–Trinajstić information content (AvgIpc) is 3.01. The van der Waals surface area contributed by atoms with Crippen molar-refractivity contribution >= 4 is 69.6 Å². The van der Waals surface area contributed by atoms with E-state index in [1.807, 2.05) is 0 Å². The van der Waals surface area contributed by atoms with E-state index in [4.69, 9.17) is 34.8 Å². The van der Waals surface area contributed by atoms with Gasteiger partial charge in [0.1, 0.15) is 16.5 Å². The molecule has 1 aliphatic heterocycles. The summed E-state index contributed by atoms with van der Waals surface area (Å²) in [4.78, 5) is 39.2. The third-order valence-electron chi connectivity index (χ3n) is 5.05.